The summed E-state index contributed by atoms with van der Waals surface area (Å²) in [7, 11) is 4.03. The maximum absolute atomic E-state index is 4.76. The third kappa shape index (κ3) is 7.02. The summed E-state index contributed by atoms with van der Waals surface area (Å²) in [6.07, 6.45) is 2.34. The number of guanidine groups is 1. The SMILES string of the molecule is CCNC(=NCc1csc(N(C)C)n1)NC1CCCN(c2ccc(C)cc2)C1.I. The van der Waals surface area contributed by atoms with Crippen molar-refractivity contribution in [1.82, 2.24) is 15.6 Å². The van der Waals surface area contributed by atoms with Crippen molar-refractivity contribution in [2.45, 2.75) is 39.3 Å². The number of thiazole rings is 1. The molecule has 1 saturated heterocycles. The van der Waals surface area contributed by atoms with E-state index < -0.39 is 0 Å². The first kappa shape index (κ1) is 23.7. The highest BCUT2D eigenvalue weighted by atomic mass is 127. The molecule has 0 radical (unpaired) electrons. The fraction of sp³-hybridized carbons (Fsp3) is 0.524. The Morgan fingerprint density at radius 3 is 2.72 bits per heavy atom. The van der Waals surface area contributed by atoms with E-state index in [-0.39, 0.29) is 24.0 Å². The van der Waals surface area contributed by atoms with E-state index in [1.54, 1.807) is 11.3 Å². The molecule has 2 aromatic rings. The highest BCUT2D eigenvalue weighted by Gasteiger charge is 2.21. The second-order valence-corrected chi connectivity index (χ2v) is 8.31. The van der Waals surface area contributed by atoms with Crippen LogP contribution in [0.15, 0.2) is 34.6 Å². The lowest BCUT2D eigenvalue weighted by Gasteiger charge is -2.35. The zero-order chi connectivity index (χ0) is 19.9. The van der Waals surface area contributed by atoms with E-state index >= 15 is 0 Å². The molecule has 3 rings (SSSR count). The summed E-state index contributed by atoms with van der Waals surface area (Å²) in [5, 5.41) is 10.1. The van der Waals surface area contributed by atoms with Crippen molar-refractivity contribution >= 4 is 52.1 Å². The summed E-state index contributed by atoms with van der Waals surface area (Å²) in [6.45, 7) is 7.78. The summed E-state index contributed by atoms with van der Waals surface area (Å²) in [6, 6.07) is 9.21. The minimum atomic E-state index is 0. The number of halogens is 1. The zero-order valence-electron chi connectivity index (χ0n) is 17.8. The Balaban J connectivity index is 0.00000300. The molecule has 1 aliphatic rings. The molecule has 1 atom stereocenters. The molecule has 1 aromatic carbocycles. The van der Waals surface area contributed by atoms with E-state index in [1.165, 1.54) is 17.7 Å². The fourth-order valence-corrected chi connectivity index (χ4v) is 4.08. The number of aliphatic imine (C=N–C) groups is 1. The van der Waals surface area contributed by atoms with Crippen LogP contribution in [0, 0.1) is 6.92 Å². The fourth-order valence-electron chi connectivity index (χ4n) is 3.33. The Bertz CT molecular complexity index is 774. The average molecular weight is 529 g/mol. The Labute approximate surface area is 195 Å². The van der Waals surface area contributed by atoms with Crippen molar-refractivity contribution < 1.29 is 0 Å². The van der Waals surface area contributed by atoms with Crippen LogP contribution in [0.2, 0.25) is 0 Å². The van der Waals surface area contributed by atoms with E-state index in [4.69, 9.17) is 4.99 Å². The smallest absolute Gasteiger partial charge is 0.191 e. The van der Waals surface area contributed by atoms with Gasteiger partial charge in [0.1, 0.15) is 0 Å². The Morgan fingerprint density at radius 2 is 2.07 bits per heavy atom. The standard InChI is InChI=1S/C21H32N6S.HI/c1-5-22-20(23-13-18-15-28-21(25-18)26(3)4)24-17-7-6-12-27(14-17)19-10-8-16(2)9-11-19;/h8-11,15,17H,5-7,12-14H2,1-4H3,(H2,22,23,24);1H. The molecule has 0 amide bonds. The number of piperidine rings is 1. The average Bonchev–Trinajstić information content (AvgIpc) is 3.17. The number of anilines is 2. The molecule has 2 N–H and O–H groups in total. The maximum atomic E-state index is 4.76. The van der Waals surface area contributed by atoms with Crippen LogP contribution in [0.4, 0.5) is 10.8 Å². The van der Waals surface area contributed by atoms with Crippen LogP contribution in [-0.2, 0) is 6.54 Å². The molecule has 0 bridgehead atoms. The Kier molecular flexibility index (Phi) is 9.48. The molecular formula is C21H33IN6S. The summed E-state index contributed by atoms with van der Waals surface area (Å²) in [5.41, 5.74) is 3.62. The molecule has 0 saturated carbocycles. The van der Waals surface area contributed by atoms with Crippen molar-refractivity contribution in [1.29, 1.82) is 0 Å². The van der Waals surface area contributed by atoms with Gasteiger partial charge in [0.2, 0.25) is 0 Å². The first-order valence-electron chi connectivity index (χ1n) is 10.0. The van der Waals surface area contributed by atoms with Gasteiger partial charge >= 0.3 is 0 Å². The zero-order valence-corrected chi connectivity index (χ0v) is 21.0. The molecular weight excluding hydrogens is 495 g/mol. The summed E-state index contributed by atoms with van der Waals surface area (Å²) >= 11 is 1.66. The number of nitrogens with one attached hydrogen (secondary N) is 2. The Hall–Kier alpha value is -1.55. The first-order valence-corrected chi connectivity index (χ1v) is 10.9. The van der Waals surface area contributed by atoms with Gasteiger partial charge in [-0.15, -0.1) is 35.3 Å². The third-order valence-electron chi connectivity index (χ3n) is 4.83. The monoisotopic (exact) mass is 528 g/mol. The number of hydrogen-bond acceptors (Lipinski definition) is 5. The van der Waals surface area contributed by atoms with Crippen molar-refractivity contribution in [2.24, 2.45) is 4.99 Å². The minimum absolute atomic E-state index is 0. The topological polar surface area (TPSA) is 55.8 Å². The number of aromatic nitrogens is 1. The van der Waals surface area contributed by atoms with Gasteiger partial charge < -0.3 is 20.4 Å². The molecule has 2 heterocycles. The molecule has 8 heteroatoms. The van der Waals surface area contributed by atoms with E-state index in [2.05, 4.69) is 64.0 Å². The molecule has 1 aliphatic heterocycles. The summed E-state index contributed by atoms with van der Waals surface area (Å²) in [4.78, 5) is 13.9. The van der Waals surface area contributed by atoms with E-state index in [9.17, 15) is 0 Å². The van der Waals surface area contributed by atoms with Crippen LogP contribution >= 0.6 is 35.3 Å². The minimum Gasteiger partial charge on any atom is -0.369 e. The lowest BCUT2D eigenvalue weighted by molar-refractivity contribution is 0.468. The van der Waals surface area contributed by atoms with Gasteiger partial charge in [-0.05, 0) is 38.8 Å². The number of hydrogen-bond donors (Lipinski definition) is 2. The van der Waals surface area contributed by atoms with Gasteiger partial charge in [-0.25, -0.2) is 9.98 Å². The van der Waals surface area contributed by atoms with Gasteiger partial charge in [-0.2, -0.15) is 0 Å². The van der Waals surface area contributed by atoms with Gasteiger partial charge in [0, 0.05) is 50.8 Å². The largest absolute Gasteiger partial charge is 0.369 e. The molecule has 29 heavy (non-hydrogen) atoms. The molecule has 160 valence electrons. The van der Waals surface area contributed by atoms with Gasteiger partial charge in [-0.1, -0.05) is 17.7 Å². The van der Waals surface area contributed by atoms with Crippen molar-refractivity contribution in [3.05, 3.63) is 40.9 Å². The van der Waals surface area contributed by atoms with Crippen LogP contribution < -0.4 is 20.4 Å². The molecule has 1 unspecified atom stereocenters. The molecule has 1 fully saturated rings. The number of rotatable bonds is 6. The summed E-state index contributed by atoms with van der Waals surface area (Å²) < 4.78 is 0. The van der Waals surface area contributed by atoms with Crippen LogP contribution in [0.1, 0.15) is 31.0 Å². The number of aryl methyl sites for hydroxylation is 1. The second kappa shape index (κ2) is 11.6. The number of nitrogens with zero attached hydrogens (tertiary/aromatic N) is 4. The van der Waals surface area contributed by atoms with Gasteiger partial charge in [0.25, 0.3) is 0 Å². The molecule has 0 spiro atoms. The van der Waals surface area contributed by atoms with Crippen LogP contribution in [0.3, 0.4) is 0 Å². The van der Waals surface area contributed by atoms with Crippen molar-refractivity contribution in [3.63, 3.8) is 0 Å². The van der Waals surface area contributed by atoms with Gasteiger partial charge in [0.15, 0.2) is 11.1 Å². The highest BCUT2D eigenvalue weighted by molar-refractivity contribution is 14.0. The number of benzene rings is 1. The normalized spacial score (nSPS) is 16.9. The van der Waals surface area contributed by atoms with Crippen molar-refractivity contribution in [3.8, 4) is 0 Å². The van der Waals surface area contributed by atoms with Crippen LogP contribution in [0.5, 0.6) is 0 Å². The molecule has 6 nitrogen and oxygen atoms in total. The van der Waals surface area contributed by atoms with E-state index in [0.29, 0.717) is 12.6 Å². The lowest BCUT2D eigenvalue weighted by Crippen LogP contribution is -2.51. The van der Waals surface area contributed by atoms with E-state index in [1.807, 2.05) is 19.0 Å². The summed E-state index contributed by atoms with van der Waals surface area (Å²) in [5.74, 6) is 0.873. The van der Waals surface area contributed by atoms with Crippen molar-refractivity contribution in [2.75, 3.05) is 43.5 Å². The van der Waals surface area contributed by atoms with Gasteiger partial charge in [0.05, 0.1) is 12.2 Å². The first-order chi connectivity index (χ1) is 13.5. The maximum Gasteiger partial charge on any atom is 0.191 e. The molecule has 0 aliphatic carbocycles. The van der Waals surface area contributed by atoms with E-state index in [0.717, 1.165) is 42.8 Å². The van der Waals surface area contributed by atoms with Gasteiger partial charge in [-0.3, -0.25) is 0 Å². The quantitative estimate of drug-likeness (QED) is 0.339. The second-order valence-electron chi connectivity index (χ2n) is 7.48. The van der Waals surface area contributed by atoms with Crippen LogP contribution in [-0.4, -0.2) is 50.7 Å². The third-order valence-corrected chi connectivity index (χ3v) is 5.88. The molecule has 1 aromatic heterocycles. The Morgan fingerprint density at radius 1 is 1.31 bits per heavy atom. The van der Waals surface area contributed by atoms with Crippen LogP contribution in [0.25, 0.3) is 0 Å². The predicted octanol–water partition coefficient (Wildman–Crippen LogP) is 3.86. The predicted molar refractivity (Wildman–Crippen MR) is 136 cm³/mol. The lowest BCUT2D eigenvalue weighted by atomic mass is 10.0. The highest BCUT2D eigenvalue weighted by Crippen LogP contribution is 2.21.